The number of aromatic hydroxyl groups is 1. The maximum atomic E-state index is 16.8. The van der Waals surface area contributed by atoms with E-state index in [1.165, 1.54) is 0 Å². The summed E-state index contributed by atoms with van der Waals surface area (Å²) in [4.78, 5) is 28.2. The number of piperazine rings is 1. The topological polar surface area (TPSA) is 120 Å². The van der Waals surface area contributed by atoms with Crippen LogP contribution in [0.15, 0.2) is 48.5 Å². The first-order valence-electron chi connectivity index (χ1n) is 16.5. The molecule has 2 unspecified atom stereocenters. The van der Waals surface area contributed by atoms with Crippen LogP contribution >= 0.6 is 0 Å². The van der Waals surface area contributed by atoms with Crippen molar-refractivity contribution in [3.63, 3.8) is 0 Å². The molecular formula is C35H40FN7O3. The van der Waals surface area contributed by atoms with Gasteiger partial charge in [0.05, 0.1) is 5.54 Å². The van der Waals surface area contributed by atoms with Crippen LogP contribution in [0.25, 0.3) is 32.8 Å². The number of amides is 2. The molecule has 2 atom stereocenters. The molecule has 240 valence electrons. The smallest absolute Gasteiger partial charge is 0.319 e. The molecule has 11 heteroatoms. The summed E-state index contributed by atoms with van der Waals surface area (Å²) >= 11 is 0. The molecule has 46 heavy (non-hydrogen) atoms. The molecule has 5 heterocycles. The Morgan fingerprint density at radius 2 is 1.78 bits per heavy atom. The fraction of sp³-hybridized carbons (Fsp3) is 0.457. The van der Waals surface area contributed by atoms with Gasteiger partial charge in [-0.25, -0.2) is 9.18 Å². The molecule has 4 aliphatic rings. The van der Waals surface area contributed by atoms with E-state index < -0.39 is 11.8 Å². The van der Waals surface area contributed by atoms with Gasteiger partial charge < -0.3 is 25.8 Å². The van der Waals surface area contributed by atoms with Crippen LogP contribution in [-0.4, -0.2) is 94.4 Å². The lowest BCUT2D eigenvalue weighted by Gasteiger charge is -2.42. The predicted octanol–water partition coefficient (Wildman–Crippen LogP) is 4.62. The molecule has 4 aliphatic heterocycles. The van der Waals surface area contributed by atoms with Gasteiger partial charge in [0, 0.05) is 49.2 Å². The molecular weight excluding hydrogens is 585 g/mol. The van der Waals surface area contributed by atoms with Gasteiger partial charge >= 0.3 is 12.0 Å². The van der Waals surface area contributed by atoms with Gasteiger partial charge in [0.1, 0.15) is 23.7 Å². The molecule has 10 nitrogen and oxygen atoms in total. The number of carbonyl (C=O) groups excluding carboxylic acids is 1. The second-order valence-corrected chi connectivity index (χ2v) is 13.4. The van der Waals surface area contributed by atoms with Crippen LogP contribution in [0.3, 0.4) is 0 Å². The molecule has 8 rings (SSSR count). The molecule has 4 aromatic rings. The first kappa shape index (κ1) is 29.2. The summed E-state index contributed by atoms with van der Waals surface area (Å²) in [6, 6.07) is 14.9. The van der Waals surface area contributed by atoms with E-state index in [0.29, 0.717) is 35.5 Å². The van der Waals surface area contributed by atoms with Crippen LogP contribution in [0.5, 0.6) is 11.8 Å². The van der Waals surface area contributed by atoms with Crippen molar-refractivity contribution in [2.24, 2.45) is 5.73 Å². The lowest BCUT2D eigenvalue weighted by molar-refractivity contribution is 0.107. The third-order valence-electron chi connectivity index (χ3n) is 10.8. The Kier molecular flexibility index (Phi) is 7.33. The number of ether oxygens (including phenoxy) is 1. The van der Waals surface area contributed by atoms with Crippen LogP contribution in [0.2, 0.25) is 0 Å². The summed E-state index contributed by atoms with van der Waals surface area (Å²) in [6.07, 6.45) is 6.59. The second-order valence-electron chi connectivity index (χ2n) is 13.4. The fourth-order valence-electron chi connectivity index (χ4n) is 8.65. The zero-order valence-electron chi connectivity index (χ0n) is 25.9. The maximum Gasteiger partial charge on any atom is 0.319 e. The Labute approximate surface area is 267 Å². The van der Waals surface area contributed by atoms with Crippen molar-refractivity contribution in [1.29, 1.82) is 0 Å². The number of hydrogen-bond donors (Lipinski definition) is 3. The average Bonchev–Trinajstić information content (AvgIpc) is 3.69. The summed E-state index contributed by atoms with van der Waals surface area (Å²) in [5.41, 5.74) is 6.50. The highest BCUT2D eigenvalue weighted by Crippen LogP contribution is 2.42. The number of phenols is 1. The Bertz CT molecular complexity index is 1790. The molecule has 0 spiro atoms. The number of fused-ring (bicyclic) bond motifs is 5. The number of nitrogens with two attached hydrogens (primary N) is 1. The molecule has 4 fully saturated rings. The number of urea groups is 1. The normalized spacial score (nSPS) is 22.5. The third kappa shape index (κ3) is 5.06. The fourth-order valence-corrected chi connectivity index (χ4v) is 8.65. The largest absolute Gasteiger partial charge is 0.508 e. The standard InChI is InChI=1S/C35H40FN7O3/c36-30-27(29-18-25(44)17-22-5-1-2-6-26(22)29)9-10-28-31(30)39-34(46-21-35-11-3-14-42(35)15-4-12-35)40-32(28)41-19-23-7-8-24(20-41)43(23)16-13-38-33(37)45/h1-2,5-6,9-10,17-18,23-24,44H,3-4,7-8,11-16,19-21H2,(H3,37,38,45). The number of phenolic OH excluding ortho intramolecular Hbond substituents is 1. The Hall–Kier alpha value is -4.22. The van der Waals surface area contributed by atoms with E-state index in [1.807, 2.05) is 30.3 Å². The van der Waals surface area contributed by atoms with Crippen molar-refractivity contribution in [2.45, 2.75) is 56.1 Å². The van der Waals surface area contributed by atoms with Crippen molar-refractivity contribution in [2.75, 3.05) is 50.8 Å². The molecule has 0 radical (unpaired) electrons. The number of halogens is 1. The van der Waals surface area contributed by atoms with Crippen molar-refractivity contribution >= 4 is 33.5 Å². The van der Waals surface area contributed by atoms with Crippen molar-refractivity contribution in [3.8, 4) is 22.9 Å². The van der Waals surface area contributed by atoms with Crippen LogP contribution in [0.1, 0.15) is 38.5 Å². The number of rotatable bonds is 8. The summed E-state index contributed by atoms with van der Waals surface area (Å²) in [5, 5.41) is 15.6. The molecule has 4 saturated heterocycles. The van der Waals surface area contributed by atoms with E-state index in [2.05, 4.69) is 20.0 Å². The molecule has 0 saturated carbocycles. The zero-order valence-corrected chi connectivity index (χ0v) is 25.9. The predicted molar refractivity (Wildman–Crippen MR) is 176 cm³/mol. The monoisotopic (exact) mass is 625 g/mol. The SMILES string of the molecule is NC(=O)NCCN1C2CCC1CN(c1nc(OCC34CCCN3CCC4)nc3c(F)c(-c4cc(O)cc5ccccc45)ccc13)C2. The first-order valence-corrected chi connectivity index (χ1v) is 16.5. The highest BCUT2D eigenvalue weighted by molar-refractivity contribution is 6.01. The molecule has 2 bridgehead atoms. The molecule has 0 aliphatic carbocycles. The van der Waals surface area contributed by atoms with E-state index >= 15 is 4.39 Å². The van der Waals surface area contributed by atoms with Crippen molar-refractivity contribution in [3.05, 3.63) is 54.3 Å². The molecule has 2 amide bonds. The highest BCUT2D eigenvalue weighted by Gasteiger charge is 2.45. The number of nitrogens with one attached hydrogen (secondary N) is 1. The Balaban J connectivity index is 1.18. The number of carbonyl (C=O) groups is 1. The minimum absolute atomic E-state index is 0.00301. The number of hydrogen-bond acceptors (Lipinski definition) is 8. The van der Waals surface area contributed by atoms with Gasteiger partial charge in [0.15, 0.2) is 5.82 Å². The van der Waals surface area contributed by atoms with Crippen LogP contribution in [-0.2, 0) is 0 Å². The lowest BCUT2D eigenvalue weighted by atomic mass is 9.95. The second kappa shape index (κ2) is 11.5. The minimum Gasteiger partial charge on any atom is -0.508 e. The number of anilines is 1. The number of nitrogens with zero attached hydrogens (tertiary/aromatic N) is 5. The Morgan fingerprint density at radius 1 is 1.02 bits per heavy atom. The van der Waals surface area contributed by atoms with Gasteiger partial charge in [-0.15, -0.1) is 0 Å². The molecule has 1 aromatic heterocycles. The zero-order chi connectivity index (χ0) is 31.4. The van der Waals surface area contributed by atoms with E-state index in [9.17, 15) is 9.90 Å². The van der Waals surface area contributed by atoms with E-state index in [4.69, 9.17) is 20.4 Å². The van der Waals surface area contributed by atoms with Crippen molar-refractivity contribution in [1.82, 2.24) is 25.1 Å². The van der Waals surface area contributed by atoms with Gasteiger partial charge in [0.25, 0.3) is 0 Å². The van der Waals surface area contributed by atoms with Crippen LogP contribution < -0.4 is 20.7 Å². The number of benzene rings is 3. The van der Waals surface area contributed by atoms with Gasteiger partial charge in [-0.2, -0.15) is 9.97 Å². The van der Waals surface area contributed by atoms with Crippen LogP contribution in [0.4, 0.5) is 15.0 Å². The summed E-state index contributed by atoms with van der Waals surface area (Å²) in [7, 11) is 0. The molecule has 3 aromatic carbocycles. The third-order valence-corrected chi connectivity index (χ3v) is 10.8. The van der Waals surface area contributed by atoms with Gasteiger partial charge in [-0.3, -0.25) is 9.80 Å². The first-order chi connectivity index (χ1) is 22.4. The van der Waals surface area contributed by atoms with Crippen molar-refractivity contribution < 1.29 is 19.0 Å². The average molecular weight is 626 g/mol. The summed E-state index contributed by atoms with van der Waals surface area (Å²) in [6.45, 7) is 5.37. The summed E-state index contributed by atoms with van der Waals surface area (Å²) in [5.74, 6) is 0.310. The minimum atomic E-state index is -0.510. The molecule has 4 N–H and O–H groups in total. The van der Waals surface area contributed by atoms with E-state index in [-0.39, 0.29) is 34.9 Å². The van der Waals surface area contributed by atoms with Gasteiger partial charge in [-0.1, -0.05) is 30.3 Å². The van der Waals surface area contributed by atoms with E-state index in [1.54, 1.807) is 18.2 Å². The maximum absolute atomic E-state index is 16.8. The van der Waals surface area contributed by atoms with Gasteiger partial charge in [-0.05, 0) is 86.1 Å². The summed E-state index contributed by atoms with van der Waals surface area (Å²) < 4.78 is 23.3. The van der Waals surface area contributed by atoms with E-state index in [0.717, 1.165) is 82.0 Å². The quantitative estimate of drug-likeness (QED) is 0.260. The number of primary amides is 1. The van der Waals surface area contributed by atoms with Gasteiger partial charge in [0.2, 0.25) is 0 Å². The van der Waals surface area contributed by atoms with Crippen LogP contribution in [0, 0.1) is 5.82 Å². The highest BCUT2D eigenvalue weighted by atomic mass is 19.1. The lowest BCUT2D eigenvalue weighted by Crippen LogP contribution is -2.55. The Morgan fingerprint density at radius 3 is 2.54 bits per heavy atom. The number of aromatic nitrogens is 2.